The van der Waals surface area contributed by atoms with Crippen molar-refractivity contribution < 1.29 is 14.9 Å². The molecule has 0 aromatic heterocycles. The Hall–Kier alpha value is -0.120. The van der Waals surface area contributed by atoms with Gasteiger partial charge in [0.05, 0.1) is 11.2 Å². The summed E-state index contributed by atoms with van der Waals surface area (Å²) in [5, 5.41) is 19.4. The molecule has 0 aromatic rings. The van der Waals surface area contributed by atoms with Crippen molar-refractivity contribution in [3.05, 3.63) is 0 Å². The number of hydrogen-bond acceptors (Lipinski definition) is 3. The highest BCUT2D eigenvalue weighted by atomic mass is 16.6. The number of hydrogen-bond donors (Lipinski definition) is 2. The van der Waals surface area contributed by atoms with Crippen molar-refractivity contribution in [1.29, 1.82) is 0 Å². The number of ether oxygens (including phenoxy) is 1. The second-order valence-corrected chi connectivity index (χ2v) is 4.47. The highest BCUT2D eigenvalue weighted by Crippen LogP contribution is 2.47. The van der Waals surface area contributed by atoms with E-state index >= 15 is 0 Å². The van der Waals surface area contributed by atoms with Gasteiger partial charge in [-0.05, 0) is 33.1 Å². The molecule has 2 bridgehead atoms. The van der Waals surface area contributed by atoms with E-state index in [1.807, 2.05) is 13.8 Å². The second kappa shape index (κ2) is 2.22. The highest BCUT2D eigenvalue weighted by Gasteiger charge is 2.59. The van der Waals surface area contributed by atoms with Crippen molar-refractivity contribution in [2.45, 2.75) is 56.5 Å². The maximum absolute atomic E-state index is 9.72. The first kappa shape index (κ1) is 8.48. The summed E-state index contributed by atoms with van der Waals surface area (Å²) in [5.41, 5.74) is -1.02. The van der Waals surface area contributed by atoms with Crippen LogP contribution in [0.15, 0.2) is 0 Å². The summed E-state index contributed by atoms with van der Waals surface area (Å²) < 4.78 is 5.70. The van der Waals surface area contributed by atoms with E-state index in [1.165, 1.54) is 0 Å². The van der Waals surface area contributed by atoms with Crippen molar-refractivity contribution >= 4 is 0 Å². The van der Waals surface area contributed by atoms with Gasteiger partial charge in [0, 0.05) is 0 Å². The molecule has 2 saturated heterocycles. The molecule has 70 valence electrons. The molecule has 2 fully saturated rings. The molecular formula is C9H16O3. The van der Waals surface area contributed by atoms with Gasteiger partial charge in [0.2, 0.25) is 0 Å². The molecule has 0 amide bonds. The fourth-order valence-corrected chi connectivity index (χ4v) is 2.51. The van der Waals surface area contributed by atoms with Crippen LogP contribution in [-0.2, 0) is 4.74 Å². The van der Waals surface area contributed by atoms with Gasteiger partial charge in [-0.3, -0.25) is 0 Å². The fraction of sp³-hybridized carbons (Fsp3) is 1.00. The molecule has 3 nitrogen and oxygen atoms in total. The third-order valence-electron chi connectivity index (χ3n) is 3.36. The number of rotatable bonds is 0. The van der Waals surface area contributed by atoms with Crippen LogP contribution in [0.1, 0.15) is 33.1 Å². The van der Waals surface area contributed by atoms with Crippen molar-refractivity contribution in [2.75, 3.05) is 0 Å². The summed E-state index contributed by atoms with van der Waals surface area (Å²) in [6, 6.07) is 0. The normalized spacial score (nSPS) is 59.0. The molecule has 2 heterocycles. The van der Waals surface area contributed by atoms with Gasteiger partial charge >= 0.3 is 0 Å². The van der Waals surface area contributed by atoms with E-state index in [-0.39, 0.29) is 0 Å². The lowest BCUT2D eigenvalue weighted by molar-refractivity contribution is -0.146. The Bertz CT molecular complexity index is 186. The van der Waals surface area contributed by atoms with E-state index in [4.69, 9.17) is 4.74 Å². The molecule has 3 heteroatoms. The van der Waals surface area contributed by atoms with Crippen LogP contribution >= 0.6 is 0 Å². The Morgan fingerprint density at radius 2 is 1.50 bits per heavy atom. The lowest BCUT2D eigenvalue weighted by Gasteiger charge is -2.36. The van der Waals surface area contributed by atoms with Gasteiger partial charge in [-0.2, -0.15) is 0 Å². The van der Waals surface area contributed by atoms with Crippen molar-refractivity contribution in [3.8, 4) is 0 Å². The molecule has 0 aliphatic carbocycles. The zero-order valence-corrected chi connectivity index (χ0v) is 7.58. The third-order valence-corrected chi connectivity index (χ3v) is 3.36. The van der Waals surface area contributed by atoms with E-state index in [1.54, 1.807) is 0 Å². The van der Waals surface area contributed by atoms with E-state index in [2.05, 4.69) is 0 Å². The molecule has 3 unspecified atom stereocenters. The number of aliphatic hydroxyl groups excluding tert-OH is 2. The van der Waals surface area contributed by atoms with Crippen LogP contribution in [0, 0.1) is 0 Å². The predicted octanol–water partition coefficient (Wildman–Crippen LogP) is 0.440. The van der Waals surface area contributed by atoms with Gasteiger partial charge in [0.15, 0.2) is 0 Å². The molecule has 0 saturated carbocycles. The topological polar surface area (TPSA) is 49.7 Å². The first-order valence-corrected chi connectivity index (χ1v) is 4.54. The van der Waals surface area contributed by atoms with E-state index in [0.29, 0.717) is 0 Å². The summed E-state index contributed by atoms with van der Waals surface area (Å²) in [4.78, 5) is 0. The molecule has 0 aromatic carbocycles. The van der Waals surface area contributed by atoms with E-state index in [0.717, 1.165) is 19.3 Å². The summed E-state index contributed by atoms with van der Waals surface area (Å²) in [6.07, 6.45) is 1.29. The van der Waals surface area contributed by atoms with Crippen LogP contribution in [0.2, 0.25) is 0 Å². The zero-order valence-electron chi connectivity index (χ0n) is 7.58. The quantitative estimate of drug-likeness (QED) is 0.557. The van der Waals surface area contributed by atoms with E-state index in [9.17, 15) is 10.2 Å². The van der Waals surface area contributed by atoms with Crippen LogP contribution in [0.5, 0.6) is 0 Å². The second-order valence-electron chi connectivity index (χ2n) is 4.47. The molecule has 2 aliphatic rings. The third kappa shape index (κ3) is 0.873. The summed E-state index contributed by atoms with van der Waals surface area (Å²) in [7, 11) is 0. The highest BCUT2D eigenvalue weighted by molar-refractivity contribution is 5.08. The molecule has 12 heavy (non-hydrogen) atoms. The van der Waals surface area contributed by atoms with Gasteiger partial charge in [0.25, 0.3) is 0 Å². The van der Waals surface area contributed by atoms with Crippen LogP contribution in [0.4, 0.5) is 0 Å². The Balaban J connectivity index is 2.33. The summed E-state index contributed by atoms with van der Waals surface area (Å²) in [5.74, 6) is 0. The monoisotopic (exact) mass is 172 g/mol. The van der Waals surface area contributed by atoms with Crippen molar-refractivity contribution in [2.24, 2.45) is 0 Å². The molecule has 2 rings (SSSR count). The Labute approximate surface area is 72.3 Å². The zero-order chi connectivity index (χ0) is 8.98. The minimum Gasteiger partial charge on any atom is -0.387 e. The van der Waals surface area contributed by atoms with Gasteiger partial charge in [0.1, 0.15) is 12.2 Å². The molecule has 2 N–H and O–H groups in total. The van der Waals surface area contributed by atoms with Crippen molar-refractivity contribution in [1.82, 2.24) is 0 Å². The average Bonchev–Trinajstić information content (AvgIpc) is 2.10. The molecular weight excluding hydrogens is 156 g/mol. The lowest BCUT2D eigenvalue weighted by atomic mass is 9.94. The standard InChI is InChI=1S/C9H16O3/c1-8-4-3-5-9(2,12-8)7(11)6(8)10/h6-7,10-11H,3-5H2,1-2H3/t6?,7?,8-,9?/m0/s1. The van der Waals surface area contributed by atoms with Crippen LogP contribution < -0.4 is 0 Å². The molecule has 4 atom stereocenters. The minimum atomic E-state index is -0.718. The summed E-state index contributed by atoms with van der Waals surface area (Å²) in [6.45, 7) is 3.76. The Morgan fingerprint density at radius 3 is 1.83 bits per heavy atom. The van der Waals surface area contributed by atoms with Crippen LogP contribution in [0.25, 0.3) is 0 Å². The van der Waals surface area contributed by atoms with Gasteiger partial charge in [-0.15, -0.1) is 0 Å². The molecule has 0 spiro atoms. The molecule has 2 aliphatic heterocycles. The number of aliphatic hydroxyl groups is 2. The van der Waals surface area contributed by atoms with Crippen molar-refractivity contribution in [3.63, 3.8) is 0 Å². The SMILES string of the molecule is CC12CCC[C@](C)(O1)C(O)C2O. The average molecular weight is 172 g/mol. The smallest absolute Gasteiger partial charge is 0.111 e. The Morgan fingerprint density at radius 1 is 1.08 bits per heavy atom. The number of fused-ring (bicyclic) bond motifs is 2. The maximum Gasteiger partial charge on any atom is 0.111 e. The van der Waals surface area contributed by atoms with E-state index < -0.39 is 23.4 Å². The fourth-order valence-electron chi connectivity index (χ4n) is 2.51. The summed E-state index contributed by atoms with van der Waals surface area (Å²) >= 11 is 0. The van der Waals surface area contributed by atoms with Crippen LogP contribution in [0.3, 0.4) is 0 Å². The Kier molecular flexibility index (Phi) is 1.57. The molecule has 0 radical (unpaired) electrons. The largest absolute Gasteiger partial charge is 0.387 e. The minimum absolute atomic E-state index is 0.508. The van der Waals surface area contributed by atoms with Gasteiger partial charge in [-0.25, -0.2) is 0 Å². The first-order valence-electron chi connectivity index (χ1n) is 4.54. The van der Waals surface area contributed by atoms with Crippen LogP contribution in [-0.4, -0.2) is 33.6 Å². The predicted molar refractivity (Wildman–Crippen MR) is 43.8 cm³/mol. The van der Waals surface area contributed by atoms with Gasteiger partial charge < -0.3 is 14.9 Å². The van der Waals surface area contributed by atoms with Gasteiger partial charge in [-0.1, -0.05) is 0 Å². The maximum atomic E-state index is 9.72. The lowest BCUT2D eigenvalue weighted by Crippen LogP contribution is -2.39. The first-order chi connectivity index (χ1) is 5.48.